The molecule has 0 amide bonds. The van der Waals surface area contributed by atoms with E-state index in [4.69, 9.17) is 10.5 Å². The van der Waals surface area contributed by atoms with E-state index >= 15 is 0 Å². The van der Waals surface area contributed by atoms with E-state index < -0.39 is 10.0 Å². The van der Waals surface area contributed by atoms with Crippen LogP contribution in [0, 0.1) is 0 Å². The molecule has 0 atom stereocenters. The molecule has 0 unspecified atom stereocenters. The predicted molar refractivity (Wildman–Crippen MR) is 68.9 cm³/mol. The number of ether oxygens (including phenoxy) is 1. The van der Waals surface area contributed by atoms with Crippen LogP contribution < -0.4 is 14.8 Å². The molecule has 5 nitrogen and oxygen atoms in total. The van der Waals surface area contributed by atoms with Crippen molar-refractivity contribution in [1.82, 2.24) is 0 Å². The Kier molecular flexibility index (Phi) is 4.77. The van der Waals surface area contributed by atoms with Gasteiger partial charge in [-0.05, 0) is 25.1 Å². The lowest BCUT2D eigenvalue weighted by Crippen LogP contribution is -2.31. The average molecular weight is 258 g/mol. The fraction of sp³-hybridized carbons (Fsp3) is 0.455. The van der Waals surface area contributed by atoms with Gasteiger partial charge in [0.15, 0.2) is 0 Å². The average Bonchev–Trinajstić information content (AvgIpc) is 2.28. The number of rotatable bonds is 6. The van der Waals surface area contributed by atoms with E-state index in [1.54, 1.807) is 31.4 Å². The van der Waals surface area contributed by atoms with Crippen LogP contribution >= 0.6 is 0 Å². The topological polar surface area (TPSA) is 72.6 Å². The van der Waals surface area contributed by atoms with E-state index in [1.807, 2.05) is 0 Å². The highest BCUT2D eigenvalue weighted by atomic mass is 32.2. The largest absolute Gasteiger partial charge is 0.497 e. The minimum Gasteiger partial charge on any atom is -0.497 e. The number of hydrogen-bond donors (Lipinski definition) is 1. The van der Waals surface area contributed by atoms with Gasteiger partial charge < -0.3 is 10.5 Å². The van der Waals surface area contributed by atoms with Gasteiger partial charge in [-0.15, -0.1) is 0 Å². The molecule has 0 bridgehead atoms. The van der Waals surface area contributed by atoms with Crippen molar-refractivity contribution in [2.45, 2.75) is 6.42 Å². The first kappa shape index (κ1) is 13.8. The number of nitrogens with two attached hydrogens (primary N) is 1. The van der Waals surface area contributed by atoms with Gasteiger partial charge in [-0.25, -0.2) is 8.42 Å². The summed E-state index contributed by atoms with van der Waals surface area (Å²) in [7, 11) is -1.75. The van der Waals surface area contributed by atoms with Crippen molar-refractivity contribution in [3.05, 3.63) is 24.3 Å². The molecule has 0 aliphatic carbocycles. The third-order valence-corrected chi connectivity index (χ3v) is 3.50. The number of sulfonamides is 1. The van der Waals surface area contributed by atoms with Gasteiger partial charge in [0.25, 0.3) is 0 Å². The van der Waals surface area contributed by atoms with Crippen molar-refractivity contribution in [2.75, 3.05) is 30.8 Å². The summed E-state index contributed by atoms with van der Waals surface area (Å²) in [5, 5.41) is 0. The monoisotopic (exact) mass is 258 g/mol. The Morgan fingerprint density at radius 1 is 1.41 bits per heavy atom. The van der Waals surface area contributed by atoms with Crippen LogP contribution in [0.1, 0.15) is 6.42 Å². The lowest BCUT2D eigenvalue weighted by Gasteiger charge is -2.22. The van der Waals surface area contributed by atoms with Gasteiger partial charge in [-0.1, -0.05) is 6.07 Å². The Morgan fingerprint density at radius 2 is 2.12 bits per heavy atom. The first-order valence-electron chi connectivity index (χ1n) is 5.31. The smallest absolute Gasteiger partial charge is 0.232 e. The minimum absolute atomic E-state index is 0.377. The Labute approximate surface area is 102 Å². The minimum atomic E-state index is -3.29. The molecule has 2 N–H and O–H groups in total. The van der Waals surface area contributed by atoms with Crippen LogP contribution in [-0.4, -0.2) is 34.9 Å². The quantitative estimate of drug-likeness (QED) is 0.819. The number of methoxy groups -OCH3 is 1. The maximum absolute atomic E-state index is 11.7. The second kappa shape index (κ2) is 5.88. The second-order valence-corrected chi connectivity index (χ2v) is 5.59. The van der Waals surface area contributed by atoms with Crippen LogP contribution in [0.5, 0.6) is 5.75 Å². The van der Waals surface area contributed by atoms with E-state index in [0.717, 1.165) is 0 Å². The van der Waals surface area contributed by atoms with Crippen molar-refractivity contribution in [3.63, 3.8) is 0 Å². The van der Waals surface area contributed by atoms with Gasteiger partial charge in [0, 0.05) is 12.6 Å². The highest BCUT2D eigenvalue weighted by Gasteiger charge is 2.16. The number of anilines is 1. The summed E-state index contributed by atoms with van der Waals surface area (Å²) < 4.78 is 29.8. The molecule has 0 heterocycles. The highest BCUT2D eigenvalue weighted by Crippen LogP contribution is 2.23. The fourth-order valence-electron chi connectivity index (χ4n) is 1.49. The SMILES string of the molecule is COc1cccc(N(CCCN)S(C)(=O)=O)c1. The second-order valence-electron chi connectivity index (χ2n) is 3.68. The summed E-state index contributed by atoms with van der Waals surface area (Å²) in [5.74, 6) is 0.629. The van der Waals surface area contributed by atoms with Gasteiger partial charge >= 0.3 is 0 Å². The molecule has 6 heteroatoms. The molecular weight excluding hydrogens is 240 g/mol. The summed E-state index contributed by atoms with van der Waals surface area (Å²) in [4.78, 5) is 0. The molecule has 1 rings (SSSR count). The Balaban J connectivity index is 3.04. The molecule has 0 spiro atoms. The van der Waals surface area contributed by atoms with Crippen molar-refractivity contribution >= 4 is 15.7 Å². The normalized spacial score (nSPS) is 11.2. The predicted octanol–water partition coefficient (Wildman–Crippen LogP) is 0.810. The maximum Gasteiger partial charge on any atom is 0.232 e. The van der Waals surface area contributed by atoms with Crippen molar-refractivity contribution in [2.24, 2.45) is 5.73 Å². The molecule has 0 saturated heterocycles. The number of benzene rings is 1. The molecule has 0 saturated carbocycles. The molecule has 0 aliphatic rings. The van der Waals surface area contributed by atoms with Crippen LogP contribution in [0.4, 0.5) is 5.69 Å². The van der Waals surface area contributed by atoms with Crippen molar-refractivity contribution < 1.29 is 13.2 Å². The molecule has 1 aromatic rings. The van der Waals surface area contributed by atoms with Gasteiger partial charge in [-0.3, -0.25) is 4.31 Å². The van der Waals surface area contributed by atoms with Gasteiger partial charge in [0.1, 0.15) is 5.75 Å². The Bertz CT molecular complexity index is 460. The third-order valence-electron chi connectivity index (χ3n) is 2.31. The van der Waals surface area contributed by atoms with E-state index in [9.17, 15) is 8.42 Å². The van der Waals surface area contributed by atoms with Crippen LogP contribution in [0.2, 0.25) is 0 Å². The summed E-state index contributed by atoms with van der Waals surface area (Å²) in [6, 6.07) is 6.96. The van der Waals surface area contributed by atoms with E-state index in [1.165, 1.54) is 10.6 Å². The summed E-state index contributed by atoms with van der Waals surface area (Å²) in [5.41, 5.74) is 6.01. The number of hydrogen-bond acceptors (Lipinski definition) is 4. The van der Waals surface area contributed by atoms with Crippen LogP contribution in [0.25, 0.3) is 0 Å². The lowest BCUT2D eigenvalue weighted by atomic mass is 10.3. The number of nitrogens with zero attached hydrogens (tertiary/aromatic N) is 1. The van der Waals surface area contributed by atoms with Crippen LogP contribution in [0.3, 0.4) is 0 Å². The first-order valence-corrected chi connectivity index (χ1v) is 7.15. The van der Waals surface area contributed by atoms with Crippen LogP contribution in [0.15, 0.2) is 24.3 Å². The Hall–Kier alpha value is -1.27. The van der Waals surface area contributed by atoms with Crippen LogP contribution in [-0.2, 0) is 10.0 Å². The van der Waals surface area contributed by atoms with Gasteiger partial charge in [0.05, 0.1) is 19.1 Å². The van der Waals surface area contributed by atoms with E-state index in [2.05, 4.69) is 0 Å². The third kappa shape index (κ3) is 3.90. The fourth-order valence-corrected chi connectivity index (χ4v) is 2.44. The molecule has 96 valence electrons. The highest BCUT2D eigenvalue weighted by molar-refractivity contribution is 7.92. The standard InChI is InChI=1S/C11H18N2O3S/c1-16-11-6-3-5-10(9-11)13(8-4-7-12)17(2,14)15/h3,5-6,9H,4,7-8,12H2,1-2H3. The van der Waals surface area contributed by atoms with E-state index in [0.29, 0.717) is 30.9 Å². The van der Waals surface area contributed by atoms with Gasteiger partial charge in [0.2, 0.25) is 10.0 Å². The first-order chi connectivity index (χ1) is 7.99. The maximum atomic E-state index is 11.7. The summed E-state index contributed by atoms with van der Waals surface area (Å²) in [6.45, 7) is 0.832. The zero-order valence-corrected chi connectivity index (χ0v) is 10.9. The molecular formula is C11H18N2O3S. The molecule has 0 fully saturated rings. The van der Waals surface area contributed by atoms with Crippen molar-refractivity contribution in [1.29, 1.82) is 0 Å². The molecule has 0 radical (unpaired) electrons. The molecule has 0 aromatic heterocycles. The lowest BCUT2D eigenvalue weighted by molar-refractivity contribution is 0.415. The van der Waals surface area contributed by atoms with Crippen molar-refractivity contribution in [3.8, 4) is 5.75 Å². The molecule has 17 heavy (non-hydrogen) atoms. The summed E-state index contributed by atoms with van der Waals surface area (Å²) >= 11 is 0. The Morgan fingerprint density at radius 3 is 2.65 bits per heavy atom. The van der Waals surface area contributed by atoms with Gasteiger partial charge in [-0.2, -0.15) is 0 Å². The summed E-state index contributed by atoms with van der Waals surface area (Å²) in [6.07, 6.45) is 1.80. The zero-order chi connectivity index (χ0) is 12.9. The molecule has 0 aliphatic heterocycles. The van der Waals surface area contributed by atoms with E-state index in [-0.39, 0.29) is 0 Å². The molecule has 1 aromatic carbocycles. The zero-order valence-electron chi connectivity index (χ0n) is 10.1.